The van der Waals surface area contributed by atoms with Gasteiger partial charge in [-0.2, -0.15) is 0 Å². The molecule has 0 fully saturated rings. The lowest BCUT2D eigenvalue weighted by Crippen LogP contribution is -2.38. The molecule has 0 aliphatic rings. The lowest BCUT2D eigenvalue weighted by molar-refractivity contribution is 0.202. The van der Waals surface area contributed by atoms with E-state index < -0.39 is 0 Å². The Kier molecular flexibility index (Phi) is 4.34. The van der Waals surface area contributed by atoms with Crippen molar-refractivity contribution >= 4 is 6.03 Å². The molecule has 2 rings (SSSR count). The summed E-state index contributed by atoms with van der Waals surface area (Å²) in [6.45, 7) is 4.15. The molecule has 0 aliphatic heterocycles. The number of amides is 2. The van der Waals surface area contributed by atoms with Crippen LogP contribution >= 0.6 is 0 Å². The summed E-state index contributed by atoms with van der Waals surface area (Å²) in [5.41, 5.74) is 1.70. The van der Waals surface area contributed by atoms with Crippen molar-refractivity contribution < 1.29 is 9.32 Å². The average Bonchev–Trinajstić information content (AvgIpc) is 2.85. The van der Waals surface area contributed by atoms with Crippen LogP contribution in [0.3, 0.4) is 0 Å². The number of aryl methyl sites for hydroxylation is 1. The molecule has 0 aliphatic carbocycles. The number of carbonyl (C=O) groups is 1. The fraction of sp³-hybridized carbons (Fsp3) is 0.357. The van der Waals surface area contributed by atoms with Crippen molar-refractivity contribution in [2.75, 3.05) is 7.05 Å². The quantitative estimate of drug-likeness (QED) is 0.928. The molecular formula is C14H18N4O2. The molecule has 2 aromatic rings. The zero-order chi connectivity index (χ0) is 14.5. The molecule has 0 saturated carbocycles. The van der Waals surface area contributed by atoms with Crippen molar-refractivity contribution in [2.45, 2.75) is 26.4 Å². The van der Waals surface area contributed by atoms with Gasteiger partial charge in [0.05, 0.1) is 12.6 Å². The van der Waals surface area contributed by atoms with E-state index in [2.05, 4.69) is 15.5 Å². The van der Waals surface area contributed by atoms with Gasteiger partial charge in [-0.3, -0.25) is 4.98 Å². The second-order valence-electron chi connectivity index (χ2n) is 4.74. The SMILES string of the molecule is Cc1cc(CN(C)C(=O)N[C@H](C)c2cccnc2)no1. The van der Waals surface area contributed by atoms with Crippen LogP contribution < -0.4 is 5.32 Å². The number of rotatable bonds is 4. The van der Waals surface area contributed by atoms with Crippen LogP contribution in [0.5, 0.6) is 0 Å². The highest BCUT2D eigenvalue weighted by atomic mass is 16.5. The molecule has 0 saturated heterocycles. The largest absolute Gasteiger partial charge is 0.361 e. The first-order chi connectivity index (χ1) is 9.56. The maximum atomic E-state index is 12.1. The summed E-state index contributed by atoms with van der Waals surface area (Å²) in [4.78, 5) is 17.7. The molecule has 2 amide bonds. The molecule has 1 N–H and O–H groups in total. The van der Waals surface area contributed by atoms with Crippen LogP contribution in [-0.4, -0.2) is 28.1 Å². The number of hydrogen-bond acceptors (Lipinski definition) is 4. The standard InChI is InChI=1S/C14H18N4O2/c1-10-7-13(17-20-10)9-18(3)14(19)16-11(2)12-5-4-6-15-8-12/h4-8,11H,9H2,1-3H3,(H,16,19)/t11-/m1/s1. The van der Waals surface area contributed by atoms with E-state index >= 15 is 0 Å². The van der Waals surface area contributed by atoms with Gasteiger partial charge in [0.25, 0.3) is 0 Å². The first-order valence-electron chi connectivity index (χ1n) is 6.40. The predicted octanol–water partition coefficient (Wildman–Crippen LogP) is 2.28. The van der Waals surface area contributed by atoms with E-state index in [1.54, 1.807) is 24.3 Å². The Hall–Kier alpha value is -2.37. The maximum Gasteiger partial charge on any atom is 0.317 e. The number of aromatic nitrogens is 2. The van der Waals surface area contributed by atoms with Gasteiger partial charge in [-0.05, 0) is 25.5 Å². The lowest BCUT2D eigenvalue weighted by Gasteiger charge is -2.20. The highest BCUT2D eigenvalue weighted by Crippen LogP contribution is 2.11. The zero-order valence-corrected chi connectivity index (χ0v) is 11.8. The molecule has 106 valence electrons. The number of carbonyl (C=O) groups excluding carboxylic acids is 1. The molecule has 2 heterocycles. The minimum Gasteiger partial charge on any atom is -0.361 e. The summed E-state index contributed by atoms with van der Waals surface area (Å²) in [6, 6.07) is 5.33. The van der Waals surface area contributed by atoms with Crippen molar-refractivity contribution in [2.24, 2.45) is 0 Å². The van der Waals surface area contributed by atoms with Gasteiger partial charge in [0.15, 0.2) is 0 Å². The third-order valence-electron chi connectivity index (χ3n) is 2.95. The fourth-order valence-electron chi connectivity index (χ4n) is 1.82. The first kappa shape index (κ1) is 14.0. The Labute approximate surface area is 117 Å². The Bertz CT molecular complexity index is 568. The van der Waals surface area contributed by atoms with Crippen LogP contribution in [0.25, 0.3) is 0 Å². The third kappa shape index (κ3) is 3.57. The van der Waals surface area contributed by atoms with Gasteiger partial charge >= 0.3 is 6.03 Å². The van der Waals surface area contributed by atoms with Crippen LogP contribution in [0.1, 0.15) is 30.0 Å². The molecule has 1 atom stereocenters. The zero-order valence-electron chi connectivity index (χ0n) is 11.8. The number of nitrogens with zero attached hydrogens (tertiary/aromatic N) is 3. The molecule has 6 heteroatoms. The Balaban J connectivity index is 1.91. The Morgan fingerprint density at radius 2 is 2.35 bits per heavy atom. The van der Waals surface area contributed by atoms with Crippen LogP contribution in [0, 0.1) is 6.92 Å². The van der Waals surface area contributed by atoms with E-state index in [1.165, 1.54) is 0 Å². The predicted molar refractivity (Wildman–Crippen MR) is 73.9 cm³/mol. The Morgan fingerprint density at radius 3 is 2.95 bits per heavy atom. The van der Waals surface area contributed by atoms with Crippen molar-refractivity contribution in [1.29, 1.82) is 0 Å². The smallest absolute Gasteiger partial charge is 0.317 e. The number of nitrogens with one attached hydrogen (secondary N) is 1. The van der Waals surface area contributed by atoms with Gasteiger partial charge in [0, 0.05) is 25.5 Å². The van der Waals surface area contributed by atoms with Gasteiger partial charge in [0.2, 0.25) is 0 Å². The van der Waals surface area contributed by atoms with Gasteiger partial charge in [-0.15, -0.1) is 0 Å². The summed E-state index contributed by atoms with van der Waals surface area (Å²) in [7, 11) is 1.72. The van der Waals surface area contributed by atoms with Crippen molar-refractivity contribution in [1.82, 2.24) is 20.4 Å². The third-order valence-corrected chi connectivity index (χ3v) is 2.95. The van der Waals surface area contributed by atoms with E-state index in [-0.39, 0.29) is 12.1 Å². The highest BCUT2D eigenvalue weighted by Gasteiger charge is 2.14. The average molecular weight is 274 g/mol. The molecule has 20 heavy (non-hydrogen) atoms. The lowest BCUT2D eigenvalue weighted by atomic mass is 10.1. The molecular weight excluding hydrogens is 256 g/mol. The topological polar surface area (TPSA) is 71.3 Å². The summed E-state index contributed by atoms with van der Waals surface area (Å²) >= 11 is 0. The minimum atomic E-state index is -0.165. The second-order valence-corrected chi connectivity index (χ2v) is 4.74. The van der Waals surface area contributed by atoms with E-state index in [4.69, 9.17) is 4.52 Å². The molecule has 6 nitrogen and oxygen atoms in total. The molecule has 0 aromatic carbocycles. The van der Waals surface area contributed by atoms with Gasteiger partial charge in [0.1, 0.15) is 11.5 Å². The van der Waals surface area contributed by atoms with Crippen LogP contribution in [-0.2, 0) is 6.54 Å². The number of urea groups is 1. The fourth-order valence-corrected chi connectivity index (χ4v) is 1.82. The molecule has 0 spiro atoms. The summed E-state index contributed by atoms with van der Waals surface area (Å²) in [5, 5.41) is 6.78. The molecule has 0 unspecified atom stereocenters. The van der Waals surface area contributed by atoms with Crippen molar-refractivity contribution in [3.8, 4) is 0 Å². The van der Waals surface area contributed by atoms with Crippen LogP contribution in [0.4, 0.5) is 4.79 Å². The number of hydrogen-bond donors (Lipinski definition) is 1. The van der Waals surface area contributed by atoms with Crippen molar-refractivity contribution in [3.05, 3.63) is 47.6 Å². The molecule has 2 aromatic heterocycles. The number of pyridine rings is 1. The van der Waals surface area contributed by atoms with Gasteiger partial charge in [-0.1, -0.05) is 11.2 Å². The molecule has 0 bridgehead atoms. The normalized spacial score (nSPS) is 11.9. The minimum absolute atomic E-state index is 0.0994. The maximum absolute atomic E-state index is 12.1. The van der Waals surface area contributed by atoms with Crippen LogP contribution in [0.15, 0.2) is 35.1 Å². The summed E-state index contributed by atoms with van der Waals surface area (Å²) < 4.78 is 4.98. The summed E-state index contributed by atoms with van der Waals surface area (Å²) in [5.74, 6) is 0.734. The summed E-state index contributed by atoms with van der Waals surface area (Å²) in [6.07, 6.45) is 3.45. The van der Waals surface area contributed by atoms with Gasteiger partial charge in [-0.25, -0.2) is 4.79 Å². The van der Waals surface area contributed by atoms with Crippen LogP contribution in [0.2, 0.25) is 0 Å². The van der Waals surface area contributed by atoms with E-state index in [0.29, 0.717) is 6.54 Å². The highest BCUT2D eigenvalue weighted by molar-refractivity contribution is 5.74. The van der Waals surface area contributed by atoms with E-state index in [1.807, 2.05) is 32.0 Å². The Morgan fingerprint density at radius 1 is 1.55 bits per heavy atom. The van der Waals surface area contributed by atoms with E-state index in [0.717, 1.165) is 17.0 Å². The second kappa shape index (κ2) is 6.18. The van der Waals surface area contributed by atoms with Gasteiger partial charge < -0.3 is 14.7 Å². The molecule has 0 radical (unpaired) electrons. The monoisotopic (exact) mass is 274 g/mol. The van der Waals surface area contributed by atoms with Crippen molar-refractivity contribution in [3.63, 3.8) is 0 Å². The first-order valence-corrected chi connectivity index (χ1v) is 6.40. The van der Waals surface area contributed by atoms with E-state index in [9.17, 15) is 4.79 Å².